The minimum Gasteiger partial charge on any atom is -0.345 e. The quantitative estimate of drug-likeness (QED) is 0.904. The van der Waals surface area contributed by atoms with Crippen LogP contribution in [0.2, 0.25) is 0 Å². The summed E-state index contributed by atoms with van der Waals surface area (Å²) in [5, 5.41) is 0. The molecule has 0 saturated carbocycles. The monoisotopic (exact) mass is 320 g/mol. The second-order valence-corrected chi connectivity index (χ2v) is 4.68. The van der Waals surface area contributed by atoms with Gasteiger partial charge in [-0.1, -0.05) is 28.1 Å². The first-order chi connectivity index (χ1) is 7.63. The van der Waals surface area contributed by atoms with Gasteiger partial charge in [0.05, 0.1) is 6.42 Å². The lowest BCUT2D eigenvalue weighted by molar-refractivity contribution is -0.129. The topological polar surface area (TPSA) is 46.3 Å². The summed E-state index contributed by atoms with van der Waals surface area (Å²) in [7, 11) is 1.82. The summed E-state index contributed by atoms with van der Waals surface area (Å²) in [6.07, 6.45) is 1.29. The molecule has 1 aromatic carbocycles. The van der Waals surface area contributed by atoms with Crippen molar-refractivity contribution in [2.45, 2.75) is 12.8 Å². The predicted molar refractivity (Wildman–Crippen MR) is 76.4 cm³/mol. The zero-order valence-corrected chi connectivity index (χ0v) is 12.3. The molecule has 96 valence electrons. The van der Waals surface area contributed by atoms with Crippen LogP contribution in [0.25, 0.3) is 0 Å². The van der Waals surface area contributed by atoms with Gasteiger partial charge in [-0.2, -0.15) is 0 Å². The Kier molecular flexibility index (Phi) is 8.21. The summed E-state index contributed by atoms with van der Waals surface area (Å²) in [5.74, 6) is 0.131. The summed E-state index contributed by atoms with van der Waals surface area (Å²) in [5.41, 5.74) is 6.43. The first-order valence-corrected chi connectivity index (χ1v) is 6.11. The molecule has 5 heteroatoms. The van der Waals surface area contributed by atoms with E-state index in [2.05, 4.69) is 15.9 Å². The maximum absolute atomic E-state index is 11.8. The van der Waals surface area contributed by atoms with Crippen LogP contribution in [0.15, 0.2) is 28.7 Å². The standard InChI is InChI=1S/C12H17BrN2O.ClH/c1-15(7-3-6-14)12(16)9-10-4-2-5-11(13)8-10;/h2,4-5,8H,3,6-7,9,14H2,1H3;1H. The Balaban J connectivity index is 0.00000256. The van der Waals surface area contributed by atoms with E-state index in [0.717, 1.165) is 23.0 Å². The van der Waals surface area contributed by atoms with E-state index in [9.17, 15) is 4.79 Å². The molecule has 0 atom stereocenters. The molecule has 0 bridgehead atoms. The van der Waals surface area contributed by atoms with Gasteiger partial charge in [0.25, 0.3) is 0 Å². The molecule has 0 saturated heterocycles. The van der Waals surface area contributed by atoms with Gasteiger partial charge in [0.1, 0.15) is 0 Å². The molecular formula is C12H18BrClN2O. The van der Waals surface area contributed by atoms with E-state index in [1.807, 2.05) is 31.3 Å². The van der Waals surface area contributed by atoms with Gasteiger partial charge < -0.3 is 10.6 Å². The minimum absolute atomic E-state index is 0. The molecule has 0 fully saturated rings. The molecule has 17 heavy (non-hydrogen) atoms. The Morgan fingerprint density at radius 1 is 1.47 bits per heavy atom. The fourth-order valence-electron chi connectivity index (χ4n) is 1.41. The second kappa shape index (κ2) is 8.50. The van der Waals surface area contributed by atoms with E-state index < -0.39 is 0 Å². The predicted octanol–water partition coefficient (Wildman–Crippen LogP) is 2.22. The molecule has 2 N–H and O–H groups in total. The molecule has 0 aliphatic carbocycles. The Morgan fingerprint density at radius 3 is 2.76 bits per heavy atom. The second-order valence-electron chi connectivity index (χ2n) is 3.76. The molecule has 0 radical (unpaired) electrons. The highest BCUT2D eigenvalue weighted by Crippen LogP contribution is 2.12. The van der Waals surface area contributed by atoms with Crippen LogP contribution in [0.4, 0.5) is 0 Å². The van der Waals surface area contributed by atoms with Gasteiger partial charge in [-0.05, 0) is 30.7 Å². The van der Waals surface area contributed by atoms with Gasteiger partial charge in [-0.3, -0.25) is 4.79 Å². The van der Waals surface area contributed by atoms with E-state index in [-0.39, 0.29) is 18.3 Å². The fraction of sp³-hybridized carbons (Fsp3) is 0.417. The van der Waals surface area contributed by atoms with Crippen molar-refractivity contribution in [2.75, 3.05) is 20.1 Å². The largest absolute Gasteiger partial charge is 0.345 e. The number of nitrogens with zero attached hydrogens (tertiary/aromatic N) is 1. The lowest BCUT2D eigenvalue weighted by atomic mass is 10.1. The van der Waals surface area contributed by atoms with E-state index >= 15 is 0 Å². The molecule has 1 rings (SSSR count). The average molecular weight is 322 g/mol. The Bertz CT molecular complexity index is 360. The fourth-order valence-corrected chi connectivity index (χ4v) is 1.86. The summed E-state index contributed by atoms with van der Waals surface area (Å²) in [6, 6.07) is 7.81. The summed E-state index contributed by atoms with van der Waals surface area (Å²) in [4.78, 5) is 13.5. The molecule has 1 amide bonds. The Hall–Kier alpha value is -0.580. The van der Waals surface area contributed by atoms with Crippen molar-refractivity contribution >= 4 is 34.2 Å². The van der Waals surface area contributed by atoms with Crippen LogP contribution in [-0.4, -0.2) is 30.9 Å². The number of carbonyl (C=O) groups excluding carboxylic acids is 1. The van der Waals surface area contributed by atoms with Crippen molar-refractivity contribution in [1.29, 1.82) is 0 Å². The van der Waals surface area contributed by atoms with Gasteiger partial charge in [0.2, 0.25) is 5.91 Å². The lowest BCUT2D eigenvalue weighted by Gasteiger charge is -2.16. The number of likely N-dealkylation sites (N-methyl/N-ethyl adjacent to an activating group) is 1. The summed E-state index contributed by atoms with van der Waals surface area (Å²) >= 11 is 3.39. The van der Waals surface area contributed by atoms with Crippen molar-refractivity contribution in [3.8, 4) is 0 Å². The number of hydrogen-bond acceptors (Lipinski definition) is 2. The number of rotatable bonds is 5. The first-order valence-electron chi connectivity index (χ1n) is 5.32. The van der Waals surface area contributed by atoms with E-state index in [1.165, 1.54) is 0 Å². The highest BCUT2D eigenvalue weighted by Gasteiger charge is 2.08. The minimum atomic E-state index is 0. The molecule has 0 aromatic heterocycles. The zero-order valence-electron chi connectivity index (χ0n) is 9.86. The third-order valence-electron chi connectivity index (χ3n) is 2.37. The smallest absolute Gasteiger partial charge is 0.226 e. The van der Waals surface area contributed by atoms with Crippen LogP contribution in [0.5, 0.6) is 0 Å². The van der Waals surface area contributed by atoms with Gasteiger partial charge in [-0.25, -0.2) is 0 Å². The molecular weight excluding hydrogens is 304 g/mol. The Morgan fingerprint density at radius 2 is 2.18 bits per heavy atom. The SMILES string of the molecule is CN(CCCN)C(=O)Cc1cccc(Br)c1.Cl. The van der Waals surface area contributed by atoms with Crippen LogP contribution in [-0.2, 0) is 11.2 Å². The van der Waals surface area contributed by atoms with Crippen LogP contribution >= 0.6 is 28.3 Å². The highest BCUT2D eigenvalue weighted by atomic mass is 79.9. The molecule has 0 spiro atoms. The number of halogens is 2. The highest BCUT2D eigenvalue weighted by molar-refractivity contribution is 9.10. The normalized spacial score (nSPS) is 9.59. The number of hydrogen-bond donors (Lipinski definition) is 1. The average Bonchev–Trinajstić information content (AvgIpc) is 2.25. The van der Waals surface area contributed by atoms with Crippen molar-refractivity contribution < 1.29 is 4.79 Å². The van der Waals surface area contributed by atoms with Gasteiger partial charge in [0, 0.05) is 18.1 Å². The number of amides is 1. The van der Waals surface area contributed by atoms with E-state index in [1.54, 1.807) is 4.90 Å². The van der Waals surface area contributed by atoms with Crippen molar-refractivity contribution in [3.05, 3.63) is 34.3 Å². The maximum atomic E-state index is 11.8. The molecule has 0 heterocycles. The summed E-state index contributed by atoms with van der Waals surface area (Å²) in [6.45, 7) is 1.35. The summed E-state index contributed by atoms with van der Waals surface area (Å²) < 4.78 is 1.00. The Labute approximate surface area is 117 Å². The van der Waals surface area contributed by atoms with Crippen molar-refractivity contribution in [3.63, 3.8) is 0 Å². The van der Waals surface area contributed by atoms with Crippen LogP contribution in [0.3, 0.4) is 0 Å². The first kappa shape index (κ1) is 16.4. The van der Waals surface area contributed by atoms with Gasteiger partial charge in [0.15, 0.2) is 0 Å². The van der Waals surface area contributed by atoms with Crippen molar-refractivity contribution in [2.24, 2.45) is 5.73 Å². The number of carbonyl (C=O) groups is 1. The van der Waals surface area contributed by atoms with Gasteiger partial charge in [-0.15, -0.1) is 12.4 Å². The third kappa shape index (κ3) is 6.05. The zero-order chi connectivity index (χ0) is 12.0. The van der Waals surface area contributed by atoms with Crippen LogP contribution < -0.4 is 5.73 Å². The molecule has 1 aromatic rings. The lowest BCUT2D eigenvalue weighted by Crippen LogP contribution is -2.30. The molecule has 0 unspecified atom stereocenters. The molecule has 0 aliphatic heterocycles. The molecule has 0 aliphatic rings. The van der Waals surface area contributed by atoms with E-state index in [0.29, 0.717) is 13.0 Å². The van der Waals surface area contributed by atoms with Crippen LogP contribution in [0, 0.1) is 0 Å². The van der Waals surface area contributed by atoms with Gasteiger partial charge >= 0.3 is 0 Å². The van der Waals surface area contributed by atoms with Crippen molar-refractivity contribution in [1.82, 2.24) is 4.90 Å². The number of nitrogens with two attached hydrogens (primary N) is 1. The van der Waals surface area contributed by atoms with E-state index in [4.69, 9.17) is 5.73 Å². The maximum Gasteiger partial charge on any atom is 0.226 e. The molecule has 3 nitrogen and oxygen atoms in total. The number of benzene rings is 1. The third-order valence-corrected chi connectivity index (χ3v) is 2.86. The van der Waals surface area contributed by atoms with Crippen LogP contribution in [0.1, 0.15) is 12.0 Å².